The van der Waals surface area contributed by atoms with Crippen LogP contribution in [0.15, 0.2) is 24.3 Å². The van der Waals surface area contributed by atoms with Crippen molar-refractivity contribution in [2.24, 2.45) is 5.92 Å². The van der Waals surface area contributed by atoms with Gasteiger partial charge in [0, 0.05) is 17.4 Å². The van der Waals surface area contributed by atoms with Gasteiger partial charge in [-0.3, -0.25) is 4.79 Å². The zero-order chi connectivity index (χ0) is 13.4. The maximum Gasteiger partial charge on any atom is 0.251 e. The zero-order valence-corrected chi connectivity index (χ0v) is 12.5. The molecule has 0 radical (unpaired) electrons. The fourth-order valence-electron chi connectivity index (χ4n) is 1.60. The van der Waals surface area contributed by atoms with Crippen molar-refractivity contribution in [1.82, 2.24) is 5.32 Å². The molecule has 1 aromatic carbocycles. The Morgan fingerprint density at radius 3 is 2.94 bits per heavy atom. The van der Waals surface area contributed by atoms with Gasteiger partial charge >= 0.3 is 0 Å². The highest BCUT2D eigenvalue weighted by Gasteiger charge is 2.06. The number of benzene rings is 1. The van der Waals surface area contributed by atoms with E-state index < -0.39 is 0 Å². The van der Waals surface area contributed by atoms with E-state index in [-0.39, 0.29) is 5.91 Å². The quantitative estimate of drug-likeness (QED) is 0.620. The third kappa shape index (κ3) is 5.08. The van der Waals surface area contributed by atoms with Crippen LogP contribution in [0.4, 0.5) is 0 Å². The smallest absolute Gasteiger partial charge is 0.251 e. The van der Waals surface area contributed by atoms with Crippen molar-refractivity contribution in [3.63, 3.8) is 0 Å². The van der Waals surface area contributed by atoms with Crippen LogP contribution >= 0.6 is 15.9 Å². The fraction of sp³-hybridized carbons (Fsp3) is 0.500. The number of hydrogen-bond acceptors (Lipinski definition) is 2. The Kier molecular flexibility index (Phi) is 6.80. The zero-order valence-electron chi connectivity index (χ0n) is 10.9. The monoisotopic (exact) mass is 313 g/mol. The van der Waals surface area contributed by atoms with Gasteiger partial charge in [-0.15, -0.1) is 0 Å². The third-order valence-electron chi connectivity index (χ3n) is 2.75. The summed E-state index contributed by atoms with van der Waals surface area (Å²) in [6, 6.07) is 7.19. The van der Waals surface area contributed by atoms with Crippen molar-refractivity contribution in [1.29, 1.82) is 0 Å². The highest BCUT2D eigenvalue weighted by molar-refractivity contribution is 9.09. The molecule has 1 N–H and O–H groups in total. The minimum Gasteiger partial charge on any atom is -0.497 e. The second-order valence-corrected chi connectivity index (χ2v) is 5.04. The van der Waals surface area contributed by atoms with Crippen LogP contribution in [0.1, 0.15) is 30.1 Å². The second-order valence-electron chi connectivity index (χ2n) is 4.39. The first-order chi connectivity index (χ1) is 8.67. The van der Waals surface area contributed by atoms with Gasteiger partial charge in [0.05, 0.1) is 7.11 Å². The Morgan fingerprint density at radius 2 is 2.28 bits per heavy atom. The van der Waals surface area contributed by atoms with E-state index in [4.69, 9.17) is 4.74 Å². The van der Waals surface area contributed by atoms with E-state index in [0.717, 1.165) is 18.2 Å². The highest BCUT2D eigenvalue weighted by atomic mass is 79.9. The molecule has 0 saturated carbocycles. The molecule has 0 heterocycles. The van der Waals surface area contributed by atoms with Gasteiger partial charge in [0.15, 0.2) is 0 Å². The molecule has 0 spiro atoms. The van der Waals surface area contributed by atoms with E-state index in [1.807, 2.05) is 12.1 Å². The predicted octanol–water partition coefficient (Wildman–Crippen LogP) is 3.24. The van der Waals surface area contributed by atoms with Gasteiger partial charge in [-0.25, -0.2) is 0 Å². The van der Waals surface area contributed by atoms with Crippen LogP contribution in [0.3, 0.4) is 0 Å². The summed E-state index contributed by atoms with van der Waals surface area (Å²) in [4.78, 5) is 11.9. The average Bonchev–Trinajstić information content (AvgIpc) is 2.43. The van der Waals surface area contributed by atoms with E-state index in [0.29, 0.717) is 23.8 Å². The van der Waals surface area contributed by atoms with Gasteiger partial charge in [0.1, 0.15) is 5.75 Å². The lowest BCUT2D eigenvalue weighted by Gasteiger charge is -2.09. The summed E-state index contributed by atoms with van der Waals surface area (Å²) < 4.78 is 5.09. The molecule has 1 aromatic rings. The van der Waals surface area contributed by atoms with Crippen molar-refractivity contribution < 1.29 is 9.53 Å². The lowest BCUT2D eigenvalue weighted by atomic mass is 10.1. The Hall–Kier alpha value is -1.03. The number of methoxy groups -OCH3 is 1. The third-order valence-corrected chi connectivity index (χ3v) is 3.86. The molecule has 3 nitrogen and oxygen atoms in total. The molecule has 0 aliphatic rings. The van der Waals surface area contributed by atoms with E-state index in [9.17, 15) is 4.79 Å². The number of hydrogen-bond donors (Lipinski definition) is 1. The second kappa shape index (κ2) is 8.14. The topological polar surface area (TPSA) is 38.3 Å². The summed E-state index contributed by atoms with van der Waals surface area (Å²) in [5.41, 5.74) is 0.642. The van der Waals surface area contributed by atoms with Crippen LogP contribution in [0.25, 0.3) is 0 Å². The molecule has 0 aliphatic carbocycles. The lowest BCUT2D eigenvalue weighted by Crippen LogP contribution is -2.24. The largest absolute Gasteiger partial charge is 0.497 e. The standard InChI is InChI=1S/C14H20BrNO2/c1-11(10-15)5-4-8-16-14(17)12-6-3-7-13(9-12)18-2/h3,6-7,9,11H,4-5,8,10H2,1-2H3,(H,16,17). The summed E-state index contributed by atoms with van der Waals surface area (Å²) in [5.74, 6) is 1.31. The van der Waals surface area contributed by atoms with E-state index in [1.165, 1.54) is 0 Å². The maximum absolute atomic E-state index is 11.9. The number of ether oxygens (including phenoxy) is 1. The first-order valence-electron chi connectivity index (χ1n) is 6.15. The first-order valence-corrected chi connectivity index (χ1v) is 7.27. The average molecular weight is 314 g/mol. The van der Waals surface area contributed by atoms with Crippen molar-refractivity contribution >= 4 is 21.8 Å². The van der Waals surface area contributed by atoms with Crippen LogP contribution < -0.4 is 10.1 Å². The number of carbonyl (C=O) groups is 1. The summed E-state index contributed by atoms with van der Waals surface area (Å²) >= 11 is 3.45. The van der Waals surface area contributed by atoms with Gasteiger partial charge in [-0.1, -0.05) is 28.9 Å². The highest BCUT2D eigenvalue weighted by Crippen LogP contribution is 2.12. The molecule has 0 bridgehead atoms. The minimum atomic E-state index is -0.0413. The normalized spacial score (nSPS) is 11.9. The number of rotatable bonds is 7. The van der Waals surface area contributed by atoms with Crippen LogP contribution in [-0.4, -0.2) is 24.9 Å². The summed E-state index contributed by atoms with van der Waals surface area (Å²) in [5, 5.41) is 3.93. The van der Waals surface area contributed by atoms with E-state index in [1.54, 1.807) is 19.2 Å². The van der Waals surface area contributed by atoms with Crippen molar-refractivity contribution in [2.45, 2.75) is 19.8 Å². The van der Waals surface area contributed by atoms with E-state index >= 15 is 0 Å². The molecule has 1 atom stereocenters. The van der Waals surface area contributed by atoms with Gasteiger partial charge in [0.2, 0.25) is 0 Å². The molecule has 0 aliphatic heterocycles. The Balaban J connectivity index is 2.36. The molecule has 100 valence electrons. The SMILES string of the molecule is COc1cccc(C(=O)NCCCC(C)CBr)c1. The molecule has 4 heteroatoms. The molecular formula is C14H20BrNO2. The van der Waals surface area contributed by atoms with Crippen LogP contribution in [0, 0.1) is 5.92 Å². The number of nitrogens with one attached hydrogen (secondary N) is 1. The van der Waals surface area contributed by atoms with Gasteiger partial charge in [0.25, 0.3) is 5.91 Å². The van der Waals surface area contributed by atoms with Crippen LogP contribution in [-0.2, 0) is 0 Å². The summed E-state index contributed by atoms with van der Waals surface area (Å²) in [6.45, 7) is 2.91. The summed E-state index contributed by atoms with van der Waals surface area (Å²) in [6.07, 6.45) is 2.12. The van der Waals surface area contributed by atoms with Gasteiger partial charge in [-0.2, -0.15) is 0 Å². The molecule has 1 unspecified atom stereocenters. The molecule has 0 aromatic heterocycles. The minimum absolute atomic E-state index is 0.0413. The molecule has 18 heavy (non-hydrogen) atoms. The van der Waals surface area contributed by atoms with Gasteiger partial charge in [-0.05, 0) is 37.0 Å². The first kappa shape index (κ1) is 15.0. The molecule has 1 amide bonds. The fourth-order valence-corrected chi connectivity index (χ4v) is 1.92. The van der Waals surface area contributed by atoms with Gasteiger partial charge < -0.3 is 10.1 Å². The summed E-state index contributed by atoms with van der Waals surface area (Å²) in [7, 11) is 1.60. The van der Waals surface area contributed by atoms with Crippen molar-refractivity contribution in [2.75, 3.05) is 19.0 Å². The maximum atomic E-state index is 11.9. The van der Waals surface area contributed by atoms with Crippen LogP contribution in [0.2, 0.25) is 0 Å². The molecule has 0 fully saturated rings. The Morgan fingerprint density at radius 1 is 1.50 bits per heavy atom. The number of halogens is 1. The lowest BCUT2D eigenvalue weighted by molar-refractivity contribution is 0.0952. The predicted molar refractivity (Wildman–Crippen MR) is 77.5 cm³/mol. The van der Waals surface area contributed by atoms with Crippen LogP contribution in [0.5, 0.6) is 5.75 Å². The molecule has 1 rings (SSSR count). The Bertz CT molecular complexity index is 382. The van der Waals surface area contributed by atoms with Crippen molar-refractivity contribution in [3.05, 3.63) is 29.8 Å². The van der Waals surface area contributed by atoms with Crippen molar-refractivity contribution in [3.8, 4) is 5.75 Å². The molecular weight excluding hydrogens is 294 g/mol. The Labute approximate surface area is 117 Å². The number of alkyl halides is 1. The number of carbonyl (C=O) groups excluding carboxylic acids is 1. The molecule has 0 saturated heterocycles. The van der Waals surface area contributed by atoms with E-state index in [2.05, 4.69) is 28.2 Å². The number of amides is 1.